The van der Waals surface area contributed by atoms with E-state index in [0.717, 1.165) is 32.2 Å². The lowest BCUT2D eigenvalue weighted by Crippen LogP contribution is -2.50. The number of aryl methyl sites for hydroxylation is 1. The summed E-state index contributed by atoms with van der Waals surface area (Å²) in [5, 5.41) is 23.6. The van der Waals surface area contributed by atoms with Crippen LogP contribution in [0.1, 0.15) is 40.0 Å². The quantitative estimate of drug-likeness (QED) is 0.320. The Bertz CT molecular complexity index is 1450. The highest BCUT2D eigenvalue weighted by Crippen LogP contribution is 2.32. The molecule has 1 saturated heterocycles. The molecular formula is C28H29FN4O4S. The van der Waals surface area contributed by atoms with Crippen LogP contribution in [0.5, 0.6) is 0 Å². The SMILES string of the molecule is Cc1nc2ccccc2n1Cc1ccc(CNC(=O)[C@H](O)[C@@H](O)C(=O)N2CCCC2c2ccc(F)cc2)s1. The summed E-state index contributed by atoms with van der Waals surface area (Å²) in [6.07, 6.45) is -2.44. The van der Waals surface area contributed by atoms with E-state index in [-0.39, 0.29) is 18.4 Å². The Balaban J connectivity index is 1.17. The summed E-state index contributed by atoms with van der Waals surface area (Å²) in [5.41, 5.74) is 2.74. The highest BCUT2D eigenvalue weighted by atomic mass is 32.1. The molecule has 1 aliphatic rings. The molecule has 5 rings (SSSR count). The second-order valence-corrected chi connectivity index (χ2v) is 10.7. The zero-order valence-electron chi connectivity index (χ0n) is 20.9. The van der Waals surface area contributed by atoms with E-state index in [1.807, 2.05) is 43.3 Å². The minimum Gasteiger partial charge on any atom is -0.380 e. The summed E-state index contributed by atoms with van der Waals surface area (Å²) in [4.78, 5) is 33.5. The summed E-state index contributed by atoms with van der Waals surface area (Å²) in [7, 11) is 0. The van der Waals surface area contributed by atoms with E-state index in [9.17, 15) is 24.2 Å². The topological polar surface area (TPSA) is 108 Å². The van der Waals surface area contributed by atoms with Crippen LogP contribution in [0, 0.1) is 12.7 Å². The van der Waals surface area contributed by atoms with Crippen LogP contribution in [0.2, 0.25) is 0 Å². The number of halogens is 1. The summed E-state index contributed by atoms with van der Waals surface area (Å²) in [5.74, 6) is -1.01. The van der Waals surface area contributed by atoms with Crippen molar-refractivity contribution in [2.24, 2.45) is 0 Å². The van der Waals surface area contributed by atoms with E-state index < -0.39 is 24.0 Å². The van der Waals surface area contributed by atoms with Gasteiger partial charge in [-0.3, -0.25) is 9.59 Å². The number of likely N-dealkylation sites (tertiary alicyclic amines) is 1. The summed E-state index contributed by atoms with van der Waals surface area (Å²) in [6, 6.07) is 17.3. The Hall–Kier alpha value is -3.60. The largest absolute Gasteiger partial charge is 0.380 e. The number of carbonyl (C=O) groups is 2. The van der Waals surface area contributed by atoms with Gasteiger partial charge in [-0.05, 0) is 61.7 Å². The number of hydrogen-bond acceptors (Lipinski definition) is 6. The van der Waals surface area contributed by atoms with Gasteiger partial charge >= 0.3 is 0 Å². The van der Waals surface area contributed by atoms with Crippen LogP contribution in [-0.4, -0.2) is 55.2 Å². The van der Waals surface area contributed by atoms with Crippen LogP contribution in [0.3, 0.4) is 0 Å². The average molecular weight is 537 g/mol. The molecule has 1 unspecified atom stereocenters. The number of aliphatic hydroxyl groups is 2. The predicted molar refractivity (Wildman–Crippen MR) is 142 cm³/mol. The number of fused-ring (bicyclic) bond motifs is 1. The van der Waals surface area contributed by atoms with Crippen molar-refractivity contribution in [2.75, 3.05) is 6.54 Å². The van der Waals surface area contributed by atoms with Crippen molar-refractivity contribution in [3.05, 3.63) is 87.6 Å². The first-order valence-corrected chi connectivity index (χ1v) is 13.3. The Morgan fingerprint density at radius 2 is 1.82 bits per heavy atom. The molecule has 0 bridgehead atoms. The average Bonchev–Trinajstić information content (AvgIpc) is 3.66. The third-order valence-corrected chi connectivity index (χ3v) is 7.99. The standard InChI is InChI=1S/C28H29FN4O4S/c1-17-31-22-5-2-3-6-24(22)33(17)16-21-13-12-20(38-21)15-30-27(36)25(34)26(35)28(37)32-14-4-7-23(32)18-8-10-19(29)11-9-18/h2-3,5-6,8-13,23,25-26,34-35H,4,7,14-16H2,1H3,(H,30,36)/t23?,25-,26-/m1/s1. The van der Waals surface area contributed by atoms with E-state index in [0.29, 0.717) is 25.9 Å². The Kier molecular flexibility index (Phi) is 7.55. The molecule has 0 spiro atoms. The summed E-state index contributed by atoms with van der Waals surface area (Å²) >= 11 is 1.53. The van der Waals surface area contributed by atoms with Crippen LogP contribution in [0.4, 0.5) is 4.39 Å². The van der Waals surface area contributed by atoms with Crippen molar-refractivity contribution in [3.63, 3.8) is 0 Å². The zero-order valence-corrected chi connectivity index (χ0v) is 21.7. The van der Waals surface area contributed by atoms with Crippen LogP contribution in [-0.2, 0) is 22.7 Å². The Labute approximate surface area is 223 Å². The Morgan fingerprint density at radius 3 is 2.61 bits per heavy atom. The number of aliphatic hydroxyl groups excluding tert-OH is 2. The molecule has 2 amide bonds. The second kappa shape index (κ2) is 11.0. The minimum atomic E-state index is -1.91. The van der Waals surface area contributed by atoms with Gasteiger partial charge in [-0.25, -0.2) is 9.37 Å². The normalized spacial score (nSPS) is 17.1. The molecular weight excluding hydrogens is 507 g/mol. The first-order valence-electron chi connectivity index (χ1n) is 12.5. The first kappa shape index (κ1) is 26.0. The molecule has 3 heterocycles. The number of carbonyl (C=O) groups excluding carboxylic acids is 2. The van der Waals surface area contributed by atoms with Gasteiger partial charge in [0.1, 0.15) is 11.6 Å². The monoisotopic (exact) mass is 536 g/mol. The number of imidazole rings is 1. The number of benzene rings is 2. The van der Waals surface area contributed by atoms with Gasteiger partial charge in [-0.15, -0.1) is 11.3 Å². The molecule has 1 fully saturated rings. The third kappa shape index (κ3) is 5.33. The number of aromatic nitrogens is 2. The molecule has 0 radical (unpaired) electrons. The number of hydrogen-bond donors (Lipinski definition) is 3. The number of nitrogens with zero attached hydrogens (tertiary/aromatic N) is 3. The molecule has 3 N–H and O–H groups in total. The maximum Gasteiger partial charge on any atom is 0.255 e. The van der Waals surface area contributed by atoms with Crippen LogP contribution >= 0.6 is 11.3 Å². The number of amides is 2. The van der Waals surface area contributed by atoms with Crippen molar-refractivity contribution in [1.82, 2.24) is 19.8 Å². The number of para-hydroxylation sites is 2. The fourth-order valence-electron chi connectivity index (χ4n) is 4.94. The van der Waals surface area contributed by atoms with Gasteiger partial charge in [0.15, 0.2) is 12.2 Å². The zero-order chi connectivity index (χ0) is 26.8. The number of rotatable bonds is 8. The van der Waals surface area contributed by atoms with Crippen molar-refractivity contribution in [2.45, 2.75) is 51.1 Å². The third-order valence-electron chi connectivity index (χ3n) is 6.92. The smallest absolute Gasteiger partial charge is 0.255 e. The summed E-state index contributed by atoms with van der Waals surface area (Å²) in [6.45, 7) is 3.15. The fraction of sp³-hybridized carbons (Fsp3) is 0.321. The van der Waals surface area contributed by atoms with E-state index in [1.54, 1.807) is 12.1 Å². The van der Waals surface area contributed by atoms with Crippen LogP contribution < -0.4 is 5.32 Å². The molecule has 0 saturated carbocycles. The molecule has 1 aliphatic heterocycles. The van der Waals surface area contributed by atoms with Crippen LogP contribution in [0.25, 0.3) is 11.0 Å². The van der Waals surface area contributed by atoms with Gasteiger partial charge < -0.3 is 25.0 Å². The Morgan fingerprint density at radius 1 is 1.08 bits per heavy atom. The lowest BCUT2D eigenvalue weighted by Gasteiger charge is -2.28. The van der Waals surface area contributed by atoms with Crippen molar-refractivity contribution in [1.29, 1.82) is 0 Å². The van der Waals surface area contributed by atoms with Gasteiger partial charge in [-0.1, -0.05) is 24.3 Å². The highest BCUT2D eigenvalue weighted by molar-refractivity contribution is 7.12. The van der Waals surface area contributed by atoms with Crippen molar-refractivity contribution >= 4 is 34.2 Å². The molecule has 10 heteroatoms. The first-order chi connectivity index (χ1) is 18.3. The maximum atomic E-state index is 13.3. The fourth-order valence-corrected chi connectivity index (χ4v) is 5.89. The molecule has 4 aromatic rings. The minimum absolute atomic E-state index is 0.160. The van der Waals surface area contributed by atoms with Crippen LogP contribution in [0.15, 0.2) is 60.7 Å². The van der Waals surface area contributed by atoms with Gasteiger partial charge in [-0.2, -0.15) is 0 Å². The lowest BCUT2D eigenvalue weighted by atomic mass is 10.0. The molecule has 2 aromatic carbocycles. The second-order valence-electron chi connectivity index (χ2n) is 9.45. The van der Waals surface area contributed by atoms with Gasteiger partial charge in [0.05, 0.1) is 30.2 Å². The maximum absolute atomic E-state index is 13.3. The number of thiophene rings is 1. The molecule has 2 aromatic heterocycles. The van der Waals surface area contributed by atoms with E-state index >= 15 is 0 Å². The van der Waals surface area contributed by atoms with Gasteiger partial charge in [0, 0.05) is 16.3 Å². The van der Waals surface area contributed by atoms with E-state index in [1.165, 1.54) is 28.4 Å². The molecule has 38 heavy (non-hydrogen) atoms. The van der Waals surface area contributed by atoms with E-state index in [4.69, 9.17) is 0 Å². The predicted octanol–water partition coefficient (Wildman–Crippen LogP) is 3.30. The lowest BCUT2D eigenvalue weighted by molar-refractivity contribution is -0.153. The molecule has 3 atom stereocenters. The molecule has 198 valence electrons. The molecule has 8 nitrogen and oxygen atoms in total. The highest BCUT2D eigenvalue weighted by Gasteiger charge is 2.38. The summed E-state index contributed by atoms with van der Waals surface area (Å²) < 4.78 is 15.4. The number of nitrogens with one attached hydrogen (secondary N) is 1. The molecule has 0 aliphatic carbocycles. The van der Waals surface area contributed by atoms with E-state index in [2.05, 4.69) is 14.9 Å². The van der Waals surface area contributed by atoms with Crippen molar-refractivity contribution < 1.29 is 24.2 Å². The van der Waals surface area contributed by atoms with Gasteiger partial charge in [0.2, 0.25) is 0 Å². The van der Waals surface area contributed by atoms with Gasteiger partial charge in [0.25, 0.3) is 11.8 Å². The van der Waals surface area contributed by atoms with Crippen molar-refractivity contribution in [3.8, 4) is 0 Å².